The minimum Gasteiger partial charge on any atom is -0.356 e. The van der Waals surface area contributed by atoms with E-state index >= 15 is 0 Å². The maximum absolute atomic E-state index is 11.6. The van der Waals surface area contributed by atoms with Crippen LogP contribution in [0.5, 0.6) is 0 Å². The van der Waals surface area contributed by atoms with Crippen molar-refractivity contribution in [1.29, 1.82) is 0 Å². The molecule has 2 N–H and O–H groups in total. The third-order valence-electron chi connectivity index (χ3n) is 3.69. The van der Waals surface area contributed by atoms with Crippen LogP contribution in [0, 0.1) is 0 Å². The van der Waals surface area contributed by atoms with Gasteiger partial charge in [0.15, 0.2) is 0 Å². The van der Waals surface area contributed by atoms with Crippen molar-refractivity contribution in [2.45, 2.75) is 26.3 Å². The van der Waals surface area contributed by atoms with E-state index in [1.54, 1.807) is 0 Å². The molecule has 1 aromatic carbocycles. The maximum atomic E-state index is 11.6. The van der Waals surface area contributed by atoms with Gasteiger partial charge >= 0.3 is 0 Å². The van der Waals surface area contributed by atoms with E-state index in [0.717, 1.165) is 26.1 Å². The number of fused-ring (bicyclic) bond motifs is 1. The molecule has 5 heteroatoms. The quantitative estimate of drug-likeness (QED) is 0.810. The van der Waals surface area contributed by atoms with E-state index in [0.29, 0.717) is 19.5 Å². The average Bonchev–Trinajstić information content (AvgIpc) is 2.47. The topological polar surface area (TPSA) is 61.4 Å². The molecule has 0 saturated carbocycles. The lowest BCUT2D eigenvalue weighted by molar-refractivity contribution is -0.121. The van der Waals surface area contributed by atoms with Crippen LogP contribution in [-0.2, 0) is 22.6 Å². The van der Waals surface area contributed by atoms with Crippen molar-refractivity contribution in [1.82, 2.24) is 15.5 Å². The van der Waals surface area contributed by atoms with Crippen molar-refractivity contribution in [3.63, 3.8) is 0 Å². The highest BCUT2D eigenvalue weighted by Crippen LogP contribution is 2.17. The number of carbonyl (C=O) groups is 2. The van der Waals surface area contributed by atoms with E-state index < -0.39 is 0 Å². The maximum Gasteiger partial charge on any atom is 0.221 e. The van der Waals surface area contributed by atoms with Gasteiger partial charge in [-0.15, -0.1) is 0 Å². The summed E-state index contributed by atoms with van der Waals surface area (Å²) in [4.78, 5) is 24.6. The summed E-state index contributed by atoms with van der Waals surface area (Å²) in [6.07, 6.45) is 1.41. The number of benzene rings is 1. The molecule has 1 heterocycles. The van der Waals surface area contributed by atoms with Gasteiger partial charge in [-0.2, -0.15) is 0 Å². The van der Waals surface area contributed by atoms with Crippen LogP contribution >= 0.6 is 0 Å². The molecule has 0 saturated heterocycles. The summed E-state index contributed by atoms with van der Waals surface area (Å²) in [5.41, 5.74) is 2.83. The minimum absolute atomic E-state index is 0.0128. The Morgan fingerprint density at radius 2 is 1.90 bits per heavy atom. The molecule has 1 aliphatic rings. The van der Waals surface area contributed by atoms with E-state index in [9.17, 15) is 9.59 Å². The van der Waals surface area contributed by atoms with Crippen LogP contribution in [0.3, 0.4) is 0 Å². The Hall–Kier alpha value is -1.88. The van der Waals surface area contributed by atoms with Crippen LogP contribution in [0.2, 0.25) is 0 Å². The first-order chi connectivity index (χ1) is 10.1. The van der Waals surface area contributed by atoms with Crippen molar-refractivity contribution in [2.75, 3.05) is 26.2 Å². The summed E-state index contributed by atoms with van der Waals surface area (Å²) < 4.78 is 0. The second-order valence-corrected chi connectivity index (χ2v) is 5.38. The number of rotatable bonds is 6. The summed E-state index contributed by atoms with van der Waals surface area (Å²) in [6, 6.07) is 8.53. The van der Waals surface area contributed by atoms with Gasteiger partial charge in [0.2, 0.25) is 11.8 Å². The van der Waals surface area contributed by atoms with Crippen molar-refractivity contribution in [3.05, 3.63) is 35.4 Å². The summed E-state index contributed by atoms with van der Waals surface area (Å²) >= 11 is 0. The van der Waals surface area contributed by atoms with Gasteiger partial charge in [-0.3, -0.25) is 14.5 Å². The normalized spacial score (nSPS) is 14.3. The fraction of sp³-hybridized carbons (Fsp3) is 0.500. The first kappa shape index (κ1) is 15.5. The first-order valence-corrected chi connectivity index (χ1v) is 7.45. The molecular formula is C16H23N3O2. The molecule has 1 aromatic rings. The smallest absolute Gasteiger partial charge is 0.221 e. The van der Waals surface area contributed by atoms with Gasteiger partial charge in [0.25, 0.3) is 0 Å². The molecule has 21 heavy (non-hydrogen) atoms. The Labute approximate surface area is 125 Å². The van der Waals surface area contributed by atoms with Gasteiger partial charge in [-0.25, -0.2) is 0 Å². The SMILES string of the molecule is CC(=O)NCCC(=O)NCCN1CCc2ccccc2C1. The highest BCUT2D eigenvalue weighted by atomic mass is 16.2. The van der Waals surface area contributed by atoms with Crippen molar-refractivity contribution in [2.24, 2.45) is 0 Å². The monoisotopic (exact) mass is 289 g/mol. The number of hydrogen-bond donors (Lipinski definition) is 2. The molecule has 114 valence electrons. The van der Waals surface area contributed by atoms with Crippen LogP contribution in [-0.4, -0.2) is 42.9 Å². The van der Waals surface area contributed by atoms with Crippen LogP contribution < -0.4 is 10.6 Å². The van der Waals surface area contributed by atoms with Crippen molar-refractivity contribution < 1.29 is 9.59 Å². The molecule has 1 aliphatic heterocycles. The van der Waals surface area contributed by atoms with E-state index in [4.69, 9.17) is 0 Å². The summed E-state index contributed by atoms with van der Waals surface area (Å²) in [5.74, 6) is -0.115. The predicted octanol–water partition coefficient (Wildman–Crippen LogP) is 0.687. The average molecular weight is 289 g/mol. The number of carbonyl (C=O) groups excluding carboxylic acids is 2. The number of nitrogens with zero attached hydrogens (tertiary/aromatic N) is 1. The molecule has 0 aliphatic carbocycles. The summed E-state index contributed by atoms with van der Waals surface area (Å²) in [5, 5.41) is 5.51. The van der Waals surface area contributed by atoms with E-state index in [2.05, 4.69) is 39.8 Å². The Morgan fingerprint density at radius 1 is 1.14 bits per heavy atom. The lowest BCUT2D eigenvalue weighted by Gasteiger charge is -2.28. The number of nitrogens with one attached hydrogen (secondary N) is 2. The largest absolute Gasteiger partial charge is 0.356 e. The molecule has 2 amide bonds. The van der Waals surface area contributed by atoms with Crippen molar-refractivity contribution in [3.8, 4) is 0 Å². The molecule has 0 fully saturated rings. The van der Waals surface area contributed by atoms with E-state index in [1.807, 2.05) is 0 Å². The predicted molar refractivity (Wildman–Crippen MR) is 81.7 cm³/mol. The molecule has 0 spiro atoms. The Balaban J connectivity index is 1.64. The van der Waals surface area contributed by atoms with Gasteiger partial charge in [-0.1, -0.05) is 24.3 Å². The zero-order valence-corrected chi connectivity index (χ0v) is 12.5. The zero-order chi connectivity index (χ0) is 15.1. The Bertz CT molecular complexity index is 502. The van der Waals surface area contributed by atoms with Gasteiger partial charge in [0.1, 0.15) is 0 Å². The van der Waals surface area contributed by atoms with Crippen LogP contribution in [0.4, 0.5) is 0 Å². The standard InChI is InChI=1S/C16H23N3O2/c1-13(20)17-8-6-16(21)18-9-11-19-10-7-14-4-2-3-5-15(14)12-19/h2-5H,6-12H2,1H3,(H,17,20)(H,18,21). The summed E-state index contributed by atoms with van der Waals surface area (Å²) in [6.45, 7) is 5.36. The molecule has 5 nitrogen and oxygen atoms in total. The Morgan fingerprint density at radius 3 is 2.67 bits per heavy atom. The second-order valence-electron chi connectivity index (χ2n) is 5.38. The molecular weight excluding hydrogens is 266 g/mol. The van der Waals surface area contributed by atoms with Crippen LogP contribution in [0.15, 0.2) is 24.3 Å². The molecule has 0 aromatic heterocycles. The third-order valence-corrected chi connectivity index (χ3v) is 3.69. The lowest BCUT2D eigenvalue weighted by Crippen LogP contribution is -2.38. The first-order valence-electron chi connectivity index (χ1n) is 7.45. The highest BCUT2D eigenvalue weighted by Gasteiger charge is 2.15. The van der Waals surface area contributed by atoms with Gasteiger partial charge < -0.3 is 10.6 Å². The zero-order valence-electron chi connectivity index (χ0n) is 12.5. The number of hydrogen-bond acceptors (Lipinski definition) is 3. The highest BCUT2D eigenvalue weighted by molar-refractivity contribution is 5.77. The van der Waals surface area contributed by atoms with Crippen molar-refractivity contribution >= 4 is 11.8 Å². The lowest BCUT2D eigenvalue weighted by atomic mass is 10.00. The van der Waals surface area contributed by atoms with Gasteiger partial charge in [-0.05, 0) is 17.5 Å². The molecule has 0 bridgehead atoms. The Kier molecular flexibility index (Phi) is 5.75. The minimum atomic E-state index is -0.102. The second kappa shape index (κ2) is 7.78. The van der Waals surface area contributed by atoms with E-state index in [-0.39, 0.29) is 11.8 Å². The molecule has 0 unspecified atom stereocenters. The van der Waals surface area contributed by atoms with Gasteiger partial charge in [0, 0.05) is 46.1 Å². The fourth-order valence-electron chi connectivity index (χ4n) is 2.54. The third kappa shape index (κ3) is 5.19. The van der Waals surface area contributed by atoms with E-state index in [1.165, 1.54) is 18.1 Å². The molecule has 0 radical (unpaired) electrons. The van der Waals surface area contributed by atoms with Crippen LogP contribution in [0.25, 0.3) is 0 Å². The van der Waals surface area contributed by atoms with Gasteiger partial charge in [0.05, 0.1) is 0 Å². The number of amides is 2. The molecule has 2 rings (SSSR count). The summed E-state index contributed by atoms with van der Waals surface area (Å²) in [7, 11) is 0. The molecule has 0 atom stereocenters. The van der Waals surface area contributed by atoms with Crippen LogP contribution in [0.1, 0.15) is 24.5 Å². The fourth-order valence-corrected chi connectivity index (χ4v) is 2.54.